The number of rotatable bonds is 7. The first-order valence-electron chi connectivity index (χ1n) is 21.2. The monoisotopic (exact) mass is 779 g/mol. The molecule has 0 amide bonds. The summed E-state index contributed by atoms with van der Waals surface area (Å²) in [4.78, 5) is 2.41. The zero-order chi connectivity index (χ0) is 40.3. The fourth-order valence-electron chi connectivity index (χ4n) is 10.5. The number of nitrogens with zero attached hydrogens (tertiary/aromatic N) is 1. The second-order valence-corrected chi connectivity index (χ2v) is 16.3. The fourth-order valence-corrected chi connectivity index (χ4v) is 10.5. The van der Waals surface area contributed by atoms with E-state index in [1.807, 2.05) is 0 Å². The quantitative estimate of drug-likeness (QED) is 0.160. The van der Waals surface area contributed by atoms with Crippen LogP contribution in [0.1, 0.15) is 33.7 Å². The van der Waals surface area contributed by atoms with Gasteiger partial charge in [-0.2, -0.15) is 0 Å². The maximum absolute atomic E-state index is 7.21. The van der Waals surface area contributed by atoms with Crippen LogP contribution in [0, 0.1) is 0 Å². The van der Waals surface area contributed by atoms with E-state index in [0.29, 0.717) is 0 Å². The van der Waals surface area contributed by atoms with Crippen molar-refractivity contribution >= 4 is 22.1 Å². The highest BCUT2D eigenvalue weighted by molar-refractivity contribution is 6.01. The van der Waals surface area contributed by atoms with Crippen molar-refractivity contribution in [1.29, 1.82) is 0 Å². The molecular formula is C59H41NO. The van der Waals surface area contributed by atoms with Gasteiger partial charge in [0.15, 0.2) is 0 Å². The van der Waals surface area contributed by atoms with E-state index < -0.39 is 5.41 Å². The summed E-state index contributed by atoms with van der Waals surface area (Å²) in [5.41, 5.74) is 16.5. The zero-order valence-electron chi connectivity index (χ0n) is 33.5. The van der Waals surface area contributed by atoms with Crippen molar-refractivity contribution in [2.24, 2.45) is 0 Å². The Hall–Kier alpha value is -7.68. The molecule has 0 spiro atoms. The van der Waals surface area contributed by atoms with E-state index in [1.165, 1.54) is 72.0 Å². The second-order valence-electron chi connectivity index (χ2n) is 16.3. The van der Waals surface area contributed by atoms with Crippen LogP contribution < -0.4 is 9.64 Å². The fraction of sp³-hybridized carbons (Fsp3) is 0.0508. The van der Waals surface area contributed by atoms with E-state index in [0.717, 1.165) is 22.8 Å². The number of hydrogen-bond donors (Lipinski definition) is 0. The first-order valence-corrected chi connectivity index (χ1v) is 21.2. The summed E-state index contributed by atoms with van der Waals surface area (Å²) in [6.07, 6.45) is 6.58. The molecule has 0 aromatic heterocycles. The lowest BCUT2D eigenvalue weighted by Gasteiger charge is -2.36. The molecule has 288 valence electrons. The standard InChI is InChI=1S/C59H41NO/c1-4-17-40(18-5-1)41-31-35-45(36-32-41)60(55-30-16-27-51-57-50-26-11-10-23-47(50)52(39-56(57)61-58(51)55)42-19-6-2-7-20-42)46-37-33-44(34-38-46)59(43-21-8-3-9-22-43)53-28-14-12-24-48(53)49-25-13-15-29-54(49)59/h1-39,51,58H. The van der Waals surface area contributed by atoms with Crippen molar-refractivity contribution in [3.8, 4) is 39.1 Å². The summed E-state index contributed by atoms with van der Waals surface area (Å²) in [7, 11) is 0. The van der Waals surface area contributed by atoms with Crippen LogP contribution in [-0.4, -0.2) is 6.10 Å². The normalized spacial score (nSPS) is 16.5. The van der Waals surface area contributed by atoms with Crippen molar-refractivity contribution in [2.45, 2.75) is 17.4 Å². The number of anilines is 2. The Morgan fingerprint density at radius 1 is 0.426 bits per heavy atom. The summed E-state index contributed by atoms with van der Waals surface area (Å²) in [5, 5.41) is 2.48. The van der Waals surface area contributed by atoms with Gasteiger partial charge in [-0.1, -0.05) is 200 Å². The molecule has 2 atom stereocenters. The van der Waals surface area contributed by atoms with Crippen molar-refractivity contribution < 1.29 is 4.74 Å². The lowest BCUT2D eigenvalue weighted by molar-refractivity contribution is 0.253. The van der Waals surface area contributed by atoms with Gasteiger partial charge >= 0.3 is 0 Å². The van der Waals surface area contributed by atoms with E-state index in [9.17, 15) is 0 Å². The molecule has 0 saturated heterocycles. The van der Waals surface area contributed by atoms with Gasteiger partial charge < -0.3 is 9.64 Å². The van der Waals surface area contributed by atoms with Crippen LogP contribution in [-0.2, 0) is 5.41 Å². The van der Waals surface area contributed by atoms with Gasteiger partial charge in [0.25, 0.3) is 0 Å². The first-order chi connectivity index (χ1) is 30.3. The highest BCUT2D eigenvalue weighted by Gasteiger charge is 2.46. The third kappa shape index (κ3) is 5.49. The van der Waals surface area contributed by atoms with Gasteiger partial charge in [-0.05, 0) is 103 Å². The minimum Gasteiger partial charge on any atom is -0.483 e. The molecule has 3 aliphatic rings. The van der Waals surface area contributed by atoms with Gasteiger partial charge in [0.05, 0.1) is 11.1 Å². The van der Waals surface area contributed by atoms with E-state index in [1.54, 1.807) is 0 Å². The largest absolute Gasteiger partial charge is 0.483 e. The van der Waals surface area contributed by atoms with Crippen LogP contribution >= 0.6 is 0 Å². The second kappa shape index (κ2) is 14.3. The van der Waals surface area contributed by atoms with Crippen molar-refractivity contribution in [3.63, 3.8) is 0 Å². The molecule has 0 bridgehead atoms. The van der Waals surface area contributed by atoms with Crippen LogP contribution in [0.4, 0.5) is 11.4 Å². The smallest absolute Gasteiger partial charge is 0.149 e. The molecule has 9 aromatic rings. The van der Waals surface area contributed by atoms with Crippen molar-refractivity contribution in [2.75, 3.05) is 4.90 Å². The summed E-state index contributed by atoms with van der Waals surface area (Å²) < 4.78 is 7.21. The third-order valence-electron chi connectivity index (χ3n) is 13.1. The number of allylic oxidation sites excluding steroid dienone is 2. The van der Waals surface area contributed by atoms with E-state index in [2.05, 4.69) is 242 Å². The molecule has 0 saturated carbocycles. The predicted molar refractivity (Wildman–Crippen MR) is 252 cm³/mol. The highest BCUT2D eigenvalue weighted by atomic mass is 16.5. The van der Waals surface area contributed by atoms with Crippen LogP contribution in [0.2, 0.25) is 0 Å². The van der Waals surface area contributed by atoms with Gasteiger partial charge in [-0.15, -0.1) is 0 Å². The minimum atomic E-state index is -0.471. The van der Waals surface area contributed by atoms with Gasteiger partial charge in [0.1, 0.15) is 11.9 Å². The van der Waals surface area contributed by atoms with Gasteiger partial charge in [0, 0.05) is 22.9 Å². The van der Waals surface area contributed by atoms with Crippen LogP contribution in [0.3, 0.4) is 0 Å². The Morgan fingerprint density at radius 2 is 0.934 bits per heavy atom. The maximum atomic E-state index is 7.21. The molecule has 1 heterocycles. The maximum Gasteiger partial charge on any atom is 0.149 e. The lowest BCUT2D eigenvalue weighted by atomic mass is 9.67. The van der Waals surface area contributed by atoms with Gasteiger partial charge in [-0.3, -0.25) is 0 Å². The molecule has 61 heavy (non-hydrogen) atoms. The Kier molecular flexibility index (Phi) is 8.24. The van der Waals surface area contributed by atoms with Crippen LogP contribution in [0.25, 0.3) is 44.2 Å². The Balaban J connectivity index is 1.01. The molecule has 0 radical (unpaired) electrons. The lowest BCUT2D eigenvalue weighted by Crippen LogP contribution is -2.33. The molecule has 2 unspecified atom stereocenters. The molecule has 2 heteroatoms. The SMILES string of the molecule is C1=CC2c3c(cc(-c4ccccc4)c4ccccc34)OC2C(N(c2ccc(-c3ccccc3)cc2)c2ccc(C3(c4ccccc4)c4ccccc4-c4ccccc43)cc2)=C1. The minimum absolute atomic E-state index is 0.0444. The average Bonchev–Trinajstić information content (AvgIpc) is 3.87. The average molecular weight is 780 g/mol. The van der Waals surface area contributed by atoms with Crippen LogP contribution in [0.15, 0.2) is 242 Å². The molecule has 2 nitrogen and oxygen atoms in total. The van der Waals surface area contributed by atoms with E-state index in [4.69, 9.17) is 4.74 Å². The summed E-state index contributed by atoms with van der Waals surface area (Å²) >= 11 is 0. The molecule has 0 fully saturated rings. The number of fused-ring (bicyclic) bond motifs is 8. The molecule has 12 rings (SSSR count). The molecule has 9 aromatic carbocycles. The predicted octanol–water partition coefficient (Wildman–Crippen LogP) is 14.7. The Bertz CT molecular complexity index is 3100. The molecule has 0 N–H and O–H groups in total. The number of benzene rings is 9. The number of hydrogen-bond acceptors (Lipinski definition) is 2. The van der Waals surface area contributed by atoms with Gasteiger partial charge in [-0.25, -0.2) is 0 Å². The Morgan fingerprint density at radius 3 is 1.59 bits per heavy atom. The van der Waals surface area contributed by atoms with E-state index >= 15 is 0 Å². The van der Waals surface area contributed by atoms with Crippen molar-refractivity contribution in [3.05, 3.63) is 270 Å². The zero-order valence-corrected chi connectivity index (χ0v) is 33.5. The van der Waals surface area contributed by atoms with Crippen LogP contribution in [0.5, 0.6) is 5.75 Å². The summed E-state index contributed by atoms with van der Waals surface area (Å²) in [6.45, 7) is 0. The van der Waals surface area contributed by atoms with Crippen molar-refractivity contribution in [1.82, 2.24) is 0 Å². The van der Waals surface area contributed by atoms with E-state index in [-0.39, 0.29) is 12.0 Å². The molecular weight excluding hydrogens is 739 g/mol. The highest BCUT2D eigenvalue weighted by Crippen LogP contribution is 2.57. The topological polar surface area (TPSA) is 12.5 Å². The summed E-state index contributed by atoms with van der Waals surface area (Å²) in [6, 6.07) is 79.6. The molecule has 2 aliphatic carbocycles. The summed E-state index contributed by atoms with van der Waals surface area (Å²) in [5.74, 6) is 0.992. The van der Waals surface area contributed by atoms with Gasteiger partial charge in [0.2, 0.25) is 0 Å². The Labute approximate surface area is 357 Å². The number of ether oxygens (including phenoxy) is 1. The molecule has 1 aliphatic heterocycles. The third-order valence-corrected chi connectivity index (χ3v) is 13.1. The first kappa shape index (κ1) is 35.3.